The molecule has 0 saturated carbocycles. The van der Waals surface area contributed by atoms with Crippen LogP contribution in [0.2, 0.25) is 0 Å². The van der Waals surface area contributed by atoms with Crippen LogP contribution in [0.1, 0.15) is 18.1 Å². The zero-order valence-electron chi connectivity index (χ0n) is 14.9. The fourth-order valence-corrected chi connectivity index (χ4v) is 2.55. The summed E-state index contributed by atoms with van der Waals surface area (Å²) in [5, 5.41) is 7.69. The fourth-order valence-electron chi connectivity index (χ4n) is 2.55. The molecule has 3 rings (SSSR count). The van der Waals surface area contributed by atoms with E-state index in [0.717, 1.165) is 16.7 Å². The fraction of sp³-hybridized carbons (Fsp3) is 0.235. The molecular weight excluding hydrogens is 306 g/mol. The predicted octanol–water partition coefficient (Wildman–Crippen LogP) is 1.83. The molecule has 0 unspecified atom stereocenters. The highest BCUT2D eigenvalue weighted by atomic mass is 16.5. The summed E-state index contributed by atoms with van der Waals surface area (Å²) in [5.74, 6) is 1.27. The van der Waals surface area contributed by atoms with Gasteiger partial charge >= 0.3 is 5.69 Å². The summed E-state index contributed by atoms with van der Waals surface area (Å²) in [6.07, 6.45) is 3.57. The van der Waals surface area contributed by atoms with E-state index in [0.29, 0.717) is 17.6 Å². The second kappa shape index (κ2) is 6.19. The van der Waals surface area contributed by atoms with Gasteiger partial charge in [0.05, 0.1) is 1.37 Å². The zero-order chi connectivity index (χ0) is 18.1. The van der Waals surface area contributed by atoms with Crippen LogP contribution < -0.4 is 10.4 Å². The van der Waals surface area contributed by atoms with Gasteiger partial charge in [0.2, 0.25) is 0 Å². The summed E-state index contributed by atoms with van der Waals surface area (Å²) >= 11 is 0. The van der Waals surface area contributed by atoms with E-state index in [1.54, 1.807) is 35.9 Å². The Bertz CT molecular complexity index is 999. The van der Waals surface area contributed by atoms with Gasteiger partial charge in [0.1, 0.15) is 18.2 Å². The van der Waals surface area contributed by atoms with Crippen molar-refractivity contribution in [2.75, 3.05) is 0 Å². The minimum Gasteiger partial charge on any atom is -0.488 e. The average Bonchev–Trinajstić information content (AvgIpc) is 3.06. The highest BCUT2D eigenvalue weighted by Crippen LogP contribution is 2.24. The molecule has 0 saturated heterocycles. The van der Waals surface area contributed by atoms with Crippen molar-refractivity contribution >= 4 is 6.08 Å². The van der Waals surface area contributed by atoms with Gasteiger partial charge in [-0.1, -0.05) is 30.8 Å². The molecule has 0 N–H and O–H groups in total. The Hall–Kier alpha value is -3.09. The molecule has 2 heterocycles. The molecule has 0 radical (unpaired) electrons. The van der Waals surface area contributed by atoms with E-state index in [2.05, 4.69) is 17.0 Å². The molecule has 3 aromatic rings. The van der Waals surface area contributed by atoms with E-state index in [1.807, 2.05) is 20.2 Å². The molecule has 1 aromatic carbocycles. The number of hydrogen-bond donors (Lipinski definition) is 0. The zero-order valence-corrected chi connectivity index (χ0v) is 13.9. The molecule has 0 aliphatic rings. The number of tetrazole rings is 1. The van der Waals surface area contributed by atoms with E-state index in [-0.39, 0.29) is 12.3 Å². The Balaban J connectivity index is 2.02. The number of rotatable bonds is 5. The molecular formula is C17H19N5O2. The van der Waals surface area contributed by atoms with Crippen molar-refractivity contribution in [1.82, 2.24) is 24.4 Å². The van der Waals surface area contributed by atoms with Crippen molar-refractivity contribution < 1.29 is 6.11 Å². The maximum atomic E-state index is 12.2. The molecule has 0 spiro atoms. The smallest absolute Gasteiger partial charge is 0.369 e. The van der Waals surface area contributed by atoms with E-state index >= 15 is 0 Å². The monoisotopic (exact) mass is 327 g/mol. The first-order chi connectivity index (χ1) is 11.9. The molecule has 0 aliphatic heterocycles. The average molecular weight is 327 g/mol. The van der Waals surface area contributed by atoms with Gasteiger partial charge in [0.25, 0.3) is 0 Å². The normalized spacial score (nSPS) is 11.4. The van der Waals surface area contributed by atoms with Gasteiger partial charge in [-0.15, -0.1) is 4.68 Å². The minimum absolute atomic E-state index is 0.235. The maximum absolute atomic E-state index is 12.2. The summed E-state index contributed by atoms with van der Waals surface area (Å²) in [4.78, 5) is 12.2. The van der Waals surface area contributed by atoms with Crippen molar-refractivity contribution in [3.63, 3.8) is 0 Å². The number of hydrogen-bond acceptors (Lipinski definition) is 4. The Morgan fingerprint density at radius 3 is 2.79 bits per heavy atom. The third-order valence-corrected chi connectivity index (χ3v) is 3.82. The van der Waals surface area contributed by atoms with Crippen molar-refractivity contribution in [3.05, 3.63) is 64.2 Å². The first-order valence-corrected chi connectivity index (χ1v) is 7.42. The van der Waals surface area contributed by atoms with Crippen LogP contribution in [0.15, 0.2) is 41.8 Å². The van der Waals surface area contributed by atoms with E-state index in [1.165, 1.54) is 9.36 Å². The molecule has 0 aliphatic carbocycles. The second-order valence-electron chi connectivity index (χ2n) is 5.48. The number of nitrogens with zero attached hydrogens (tertiary/aromatic N) is 5. The van der Waals surface area contributed by atoms with Crippen molar-refractivity contribution in [2.24, 2.45) is 14.1 Å². The summed E-state index contributed by atoms with van der Waals surface area (Å²) in [5.41, 5.74) is 2.17. The SMILES string of the molecule is [3H]c1ccc(OCc2c(C=C)cn(C)c2-n2nnn(C)c2=O)c(C)c1. The van der Waals surface area contributed by atoms with Gasteiger partial charge in [0.15, 0.2) is 0 Å². The van der Waals surface area contributed by atoms with Crippen LogP contribution in [-0.4, -0.2) is 24.4 Å². The first-order valence-electron chi connectivity index (χ1n) is 7.92. The lowest BCUT2D eigenvalue weighted by Crippen LogP contribution is -2.24. The molecule has 0 bridgehead atoms. The molecule has 124 valence electrons. The molecule has 7 heteroatoms. The summed E-state index contributed by atoms with van der Waals surface area (Å²) in [6, 6.07) is 5.62. The van der Waals surface area contributed by atoms with Gasteiger partial charge < -0.3 is 9.30 Å². The molecule has 2 aromatic heterocycles. The van der Waals surface area contributed by atoms with Crippen LogP contribution in [0.4, 0.5) is 0 Å². The van der Waals surface area contributed by atoms with Crippen LogP contribution in [0.25, 0.3) is 11.9 Å². The highest BCUT2D eigenvalue weighted by Gasteiger charge is 2.19. The molecule has 7 nitrogen and oxygen atoms in total. The van der Waals surface area contributed by atoms with Crippen LogP contribution in [0.3, 0.4) is 0 Å². The Morgan fingerprint density at radius 2 is 2.17 bits per heavy atom. The Morgan fingerprint density at radius 1 is 1.38 bits per heavy atom. The molecule has 0 atom stereocenters. The van der Waals surface area contributed by atoms with Crippen molar-refractivity contribution in [1.29, 1.82) is 0 Å². The standard InChI is InChI=1S/C17H19N5O2/c1-5-13-10-20(3)16(22-17(23)21(4)18-19-22)14(13)11-24-15-9-7-6-8-12(15)2/h5-10H,1,11H2,2-4H3/i6T. The molecule has 24 heavy (non-hydrogen) atoms. The number of para-hydroxylation sites is 1. The number of aromatic nitrogens is 5. The third-order valence-electron chi connectivity index (χ3n) is 3.82. The summed E-state index contributed by atoms with van der Waals surface area (Å²) in [6.45, 7) is 5.95. The number of ether oxygens (including phenoxy) is 1. The quantitative estimate of drug-likeness (QED) is 0.717. The lowest BCUT2D eigenvalue weighted by Gasteiger charge is -2.11. The van der Waals surface area contributed by atoms with Gasteiger partial charge in [-0.05, 0) is 29.0 Å². The summed E-state index contributed by atoms with van der Waals surface area (Å²) in [7, 11) is 3.37. The Labute approximate surface area is 140 Å². The van der Waals surface area contributed by atoms with Crippen molar-refractivity contribution in [3.8, 4) is 11.6 Å². The van der Waals surface area contributed by atoms with E-state index in [4.69, 9.17) is 6.11 Å². The molecule has 0 fully saturated rings. The van der Waals surface area contributed by atoms with Gasteiger partial charge in [-0.2, -0.15) is 4.68 Å². The van der Waals surface area contributed by atoms with Gasteiger partial charge in [0, 0.05) is 31.4 Å². The summed E-state index contributed by atoms with van der Waals surface area (Å²) < 4.78 is 17.8. The highest BCUT2D eigenvalue weighted by molar-refractivity contribution is 5.57. The number of aryl methyl sites for hydroxylation is 3. The Kier molecular flexibility index (Phi) is 3.74. The van der Waals surface area contributed by atoms with Gasteiger partial charge in [-0.3, -0.25) is 0 Å². The lowest BCUT2D eigenvalue weighted by molar-refractivity contribution is 0.303. The maximum Gasteiger partial charge on any atom is 0.369 e. The predicted molar refractivity (Wildman–Crippen MR) is 91.2 cm³/mol. The second-order valence-corrected chi connectivity index (χ2v) is 5.48. The van der Waals surface area contributed by atoms with Gasteiger partial charge in [-0.25, -0.2) is 4.79 Å². The van der Waals surface area contributed by atoms with E-state index < -0.39 is 0 Å². The van der Waals surface area contributed by atoms with Crippen LogP contribution >= 0.6 is 0 Å². The third kappa shape index (κ3) is 2.64. The lowest BCUT2D eigenvalue weighted by atomic mass is 10.2. The minimum atomic E-state index is -0.340. The first kappa shape index (κ1) is 14.5. The van der Waals surface area contributed by atoms with Crippen LogP contribution in [0.5, 0.6) is 5.75 Å². The largest absolute Gasteiger partial charge is 0.488 e. The number of benzene rings is 1. The van der Waals surface area contributed by atoms with Crippen LogP contribution in [0, 0.1) is 6.92 Å². The molecule has 0 amide bonds. The van der Waals surface area contributed by atoms with Crippen LogP contribution in [-0.2, 0) is 20.7 Å². The van der Waals surface area contributed by atoms with E-state index in [9.17, 15) is 4.79 Å². The topological polar surface area (TPSA) is 66.9 Å². The van der Waals surface area contributed by atoms with Crippen molar-refractivity contribution in [2.45, 2.75) is 13.5 Å².